The molecule has 6 aromatic heterocycles. The fourth-order valence-corrected chi connectivity index (χ4v) is 5.96. The third-order valence-corrected chi connectivity index (χ3v) is 9.08. The predicted molar refractivity (Wildman–Crippen MR) is 256 cm³/mol. The summed E-state index contributed by atoms with van der Waals surface area (Å²) in [7, 11) is 4.64. The van der Waals surface area contributed by atoms with Gasteiger partial charge in [-0.2, -0.15) is 0 Å². The van der Waals surface area contributed by atoms with E-state index in [-0.39, 0.29) is 105 Å². The van der Waals surface area contributed by atoms with E-state index in [4.69, 9.17) is 23.7 Å². The number of halogens is 7. The second-order valence-electron chi connectivity index (χ2n) is 13.6. The van der Waals surface area contributed by atoms with Gasteiger partial charge in [-0.15, -0.1) is 71.8 Å². The molecular formula is C56H32ClF6Ir2KN8. The number of benzene rings is 4. The quantitative estimate of drug-likeness (QED) is 0.0916. The molecule has 0 saturated carbocycles. The first-order valence-corrected chi connectivity index (χ1v) is 23.4. The largest absolute Gasteiger partial charge is 3.00 e. The summed E-state index contributed by atoms with van der Waals surface area (Å²) in [5.41, 5.74) is 5.38. The summed E-state index contributed by atoms with van der Waals surface area (Å²) in [6.07, 6.45) is 9.59. The minimum atomic E-state index is -0.694. The molecule has 0 N–H and O–H groups in total. The Morgan fingerprint density at radius 3 is 0.784 bits per heavy atom. The average Bonchev–Trinajstić information content (AvgIpc) is 3.45. The third-order valence-electron chi connectivity index (χ3n) is 9.08. The van der Waals surface area contributed by atoms with E-state index in [9.17, 15) is 26.3 Å². The van der Waals surface area contributed by atoms with Crippen LogP contribution >= 0.6 is 9.58 Å². The monoisotopic (exact) mass is 1390 g/mol. The second-order valence-corrected chi connectivity index (χ2v) is 13.6. The topological polar surface area (TPSA) is 125 Å². The standard InChI is InChI=1S/2C16H9F2N2.2C11H7FN.2CN.ClH.2Ir.K/c2*17-13-10-14(18)12(16-6-2-4-8-20-16)9-11(13)15-5-1-3-7-19-15;2*12-10-6-4-9(5-7-10)11-3-1-2-8-13-11;2*1-2;;;;/h2*1-8,10H;2*1-4,6-8H;;;1H;;;/q6*-1;;2*+3;+1/p-1. The molecule has 0 radical (unpaired) electrons. The van der Waals surface area contributed by atoms with Gasteiger partial charge in [-0.25, -0.2) is 0 Å². The number of hydrogen-bond acceptors (Lipinski definition) is 8. The van der Waals surface area contributed by atoms with Crippen LogP contribution in [0.3, 0.4) is 0 Å². The smallest absolute Gasteiger partial charge is 1.00 e. The maximum Gasteiger partial charge on any atom is 3.00 e. The Balaban J connectivity index is 0.000000329. The van der Waals surface area contributed by atoms with Crippen molar-refractivity contribution in [2.45, 2.75) is 0 Å². The molecule has 0 aliphatic carbocycles. The zero-order valence-corrected chi connectivity index (χ0v) is 47.0. The molecule has 74 heavy (non-hydrogen) atoms. The van der Waals surface area contributed by atoms with Crippen molar-refractivity contribution in [3.05, 3.63) is 267 Å². The minimum Gasteiger partial charge on any atom is 1.00 e. The third kappa shape index (κ3) is 19.8. The second kappa shape index (κ2) is 35.7. The fourth-order valence-electron chi connectivity index (χ4n) is 5.96. The van der Waals surface area contributed by atoms with Crippen LogP contribution in [0.5, 0.6) is 0 Å². The van der Waals surface area contributed by atoms with Crippen molar-refractivity contribution in [2.75, 3.05) is 0 Å². The van der Waals surface area contributed by atoms with E-state index < -0.39 is 23.3 Å². The number of aromatic nitrogens is 6. The average molecular weight is 1390 g/mol. The van der Waals surface area contributed by atoms with Gasteiger partial charge >= 0.3 is 99.0 Å². The first-order valence-electron chi connectivity index (χ1n) is 20.5. The molecule has 0 unspecified atom stereocenters. The van der Waals surface area contributed by atoms with Crippen molar-refractivity contribution >= 4 is 9.58 Å². The Morgan fingerprint density at radius 1 is 0.365 bits per heavy atom. The number of pyridine rings is 6. The van der Waals surface area contributed by atoms with Crippen LogP contribution in [0.4, 0.5) is 26.3 Å². The number of rotatable bonds is 6. The summed E-state index contributed by atoms with van der Waals surface area (Å²) < 4.78 is 80.7. The molecule has 0 saturated heterocycles. The molecule has 0 aliphatic heterocycles. The molecule has 0 bridgehead atoms. The van der Waals surface area contributed by atoms with Crippen molar-refractivity contribution in [3.63, 3.8) is 0 Å². The van der Waals surface area contributed by atoms with Crippen molar-refractivity contribution in [2.24, 2.45) is 0 Å². The molecule has 0 amide bonds. The molecule has 4 aromatic carbocycles. The summed E-state index contributed by atoms with van der Waals surface area (Å²) in [5.74, 6) is -3.33. The van der Waals surface area contributed by atoms with Gasteiger partial charge < -0.3 is 33.6 Å². The SMILES string of the molecule is Fc1c[c-]c(-c2ccccn2)cc1.Fc1c[c-]c(-c2ccccn2)cc1.Fc1cc(F)c(-c2ccccn2)[c-]c1-c1ccccn1.Fc1cc(F)c(-c2ccccn2)[c-]c1-c1ccccn1.[C-]#N.[C-]#N.[Cl][Ir+2].[Ir+3].[K+]. The molecule has 10 aromatic rings. The summed E-state index contributed by atoms with van der Waals surface area (Å²) >= 11 is 1.47. The van der Waals surface area contributed by atoms with Crippen molar-refractivity contribution in [1.29, 1.82) is 10.5 Å². The Morgan fingerprint density at radius 2 is 0.595 bits per heavy atom. The molecule has 0 spiro atoms. The van der Waals surface area contributed by atoms with Crippen LogP contribution in [-0.4, -0.2) is 29.9 Å². The molecule has 0 aliphatic rings. The van der Waals surface area contributed by atoms with E-state index in [1.165, 1.54) is 42.2 Å². The van der Waals surface area contributed by atoms with E-state index in [2.05, 4.69) is 63.8 Å². The van der Waals surface area contributed by atoms with Crippen LogP contribution in [0, 0.1) is 82.8 Å². The molecule has 6 heterocycles. The first kappa shape index (κ1) is 63.7. The summed E-state index contributed by atoms with van der Waals surface area (Å²) in [5, 5.41) is 12.5. The van der Waals surface area contributed by atoms with Crippen LogP contribution < -0.4 is 51.4 Å². The predicted octanol–water partition coefficient (Wildman–Crippen LogP) is 11.0. The van der Waals surface area contributed by atoms with Gasteiger partial charge in [0.2, 0.25) is 0 Å². The Labute approximate surface area is 495 Å². The van der Waals surface area contributed by atoms with Gasteiger partial charge in [0.25, 0.3) is 0 Å². The zero-order valence-electron chi connectivity index (χ0n) is 38.4. The molecule has 0 fully saturated rings. The van der Waals surface area contributed by atoms with E-state index in [0.717, 1.165) is 34.6 Å². The van der Waals surface area contributed by atoms with E-state index in [1.54, 1.807) is 122 Å². The number of nitrogens with zero attached hydrogens (tertiary/aromatic N) is 8. The van der Waals surface area contributed by atoms with E-state index in [0.29, 0.717) is 22.8 Å². The molecule has 0 atom stereocenters. The maximum absolute atomic E-state index is 13.9. The van der Waals surface area contributed by atoms with Gasteiger partial charge in [-0.3, -0.25) is 46.3 Å². The van der Waals surface area contributed by atoms with Crippen LogP contribution in [0.1, 0.15) is 0 Å². The van der Waals surface area contributed by atoms with Crippen molar-refractivity contribution < 1.29 is 116 Å². The molecule has 364 valence electrons. The van der Waals surface area contributed by atoms with Gasteiger partial charge in [-0.05, 0) is 47.8 Å². The summed E-state index contributed by atoms with van der Waals surface area (Å²) in [6.45, 7) is 9.50. The maximum atomic E-state index is 13.9. The minimum absolute atomic E-state index is 0. The normalized spacial score (nSPS) is 9.30. The van der Waals surface area contributed by atoms with Crippen LogP contribution in [-0.2, 0) is 38.0 Å². The Bertz CT molecular complexity index is 2840. The van der Waals surface area contributed by atoms with Gasteiger partial charge in [0.05, 0.1) is 23.3 Å². The van der Waals surface area contributed by atoms with Crippen molar-refractivity contribution in [3.8, 4) is 67.5 Å². The molecular weight excluding hydrogens is 1360 g/mol. The Hall–Kier alpha value is -6.43. The molecule has 18 heteroatoms. The summed E-state index contributed by atoms with van der Waals surface area (Å²) in [4.78, 5) is 24.5. The Kier molecular flexibility index (Phi) is 30.7. The van der Waals surface area contributed by atoms with E-state index >= 15 is 0 Å². The summed E-state index contributed by atoms with van der Waals surface area (Å²) in [6, 6.07) is 53.2. The molecule has 10 rings (SSSR count). The van der Waals surface area contributed by atoms with Gasteiger partial charge in [0, 0.05) is 71.6 Å². The van der Waals surface area contributed by atoms with Gasteiger partial charge in [0.15, 0.2) is 0 Å². The van der Waals surface area contributed by atoms with Gasteiger partial charge in [0.1, 0.15) is 0 Å². The van der Waals surface area contributed by atoms with Gasteiger partial charge in [-0.1, -0.05) is 107 Å². The van der Waals surface area contributed by atoms with Crippen LogP contribution in [0.2, 0.25) is 0 Å². The fraction of sp³-hybridized carbons (Fsp3) is 0. The van der Waals surface area contributed by atoms with Crippen LogP contribution in [0.25, 0.3) is 67.5 Å². The van der Waals surface area contributed by atoms with Crippen LogP contribution in [0.15, 0.2) is 195 Å². The van der Waals surface area contributed by atoms with E-state index in [1.807, 2.05) is 36.4 Å². The van der Waals surface area contributed by atoms with Crippen molar-refractivity contribution in [1.82, 2.24) is 29.9 Å². The first-order chi connectivity index (χ1) is 35.2. The number of hydrogen-bond donors (Lipinski definition) is 0. The molecule has 8 nitrogen and oxygen atoms in total. The zero-order chi connectivity index (χ0) is 52.1.